The minimum Gasteiger partial charge on any atom is -0.477 e. The lowest BCUT2D eigenvalue weighted by Gasteiger charge is -2.68. The van der Waals surface area contributed by atoms with Crippen molar-refractivity contribution in [3.8, 4) is 0 Å². The van der Waals surface area contributed by atoms with Crippen LogP contribution in [0.25, 0.3) is 5.57 Å². The summed E-state index contributed by atoms with van der Waals surface area (Å²) in [5, 5.41) is 12.9. The molecule has 5 aliphatic carbocycles. The zero-order valence-corrected chi connectivity index (χ0v) is 27.0. The largest absolute Gasteiger partial charge is 0.477 e. The fraction of sp³-hybridized carbons (Fsp3) is 0.771. The molecule has 4 saturated carbocycles. The molecule has 1 heterocycles. The van der Waals surface area contributed by atoms with Crippen LogP contribution in [0.4, 0.5) is 0 Å². The molecule has 0 saturated heterocycles. The second-order valence-electron chi connectivity index (χ2n) is 15.8. The molecule has 4 fully saturated rings. The highest BCUT2D eigenvalue weighted by Crippen LogP contribution is 2.73. The van der Waals surface area contributed by atoms with Gasteiger partial charge >= 0.3 is 5.97 Å². The molecule has 5 nitrogen and oxygen atoms in total. The summed E-state index contributed by atoms with van der Waals surface area (Å²) in [6, 6.07) is 3.82. The number of carbonyl (C=O) groups is 2. The predicted molar refractivity (Wildman–Crippen MR) is 167 cm³/mol. The van der Waals surface area contributed by atoms with Gasteiger partial charge in [-0.1, -0.05) is 40.2 Å². The first-order valence-corrected chi connectivity index (χ1v) is 17.1. The molecule has 0 spiro atoms. The SMILES string of the molecule is CN(C)CCNC(=O)C12CCCC1C1CCC3C(C)(CCC4C(C)(C)C(c5ccc(C(=O)O)s5)=CCC43C)C1CC2. The highest BCUT2D eigenvalue weighted by atomic mass is 32.1. The lowest BCUT2D eigenvalue weighted by molar-refractivity contribution is -0.181. The Balaban J connectivity index is 1.25. The highest BCUT2D eigenvalue weighted by Gasteiger charge is 2.66. The van der Waals surface area contributed by atoms with Crippen LogP contribution in [0.1, 0.15) is 106 Å². The molecule has 6 heteroatoms. The van der Waals surface area contributed by atoms with E-state index < -0.39 is 5.97 Å². The van der Waals surface area contributed by atoms with E-state index in [1.54, 1.807) is 6.07 Å². The molecule has 0 bridgehead atoms. The van der Waals surface area contributed by atoms with E-state index in [1.165, 1.54) is 61.9 Å². The quantitative estimate of drug-likeness (QED) is 0.364. The van der Waals surface area contributed by atoms with E-state index in [9.17, 15) is 14.7 Å². The van der Waals surface area contributed by atoms with Gasteiger partial charge in [0.1, 0.15) is 4.88 Å². The Morgan fingerprint density at radius 2 is 1.73 bits per heavy atom. The molecule has 0 aromatic carbocycles. The average Bonchev–Trinajstić information content (AvgIpc) is 3.56. The molecular weight excluding hydrogens is 528 g/mol. The number of hydrogen-bond acceptors (Lipinski definition) is 4. The van der Waals surface area contributed by atoms with E-state index in [1.807, 2.05) is 6.07 Å². The molecule has 2 N–H and O–H groups in total. The molecule has 8 atom stereocenters. The smallest absolute Gasteiger partial charge is 0.345 e. The van der Waals surface area contributed by atoms with Crippen LogP contribution in [-0.2, 0) is 4.79 Å². The van der Waals surface area contributed by atoms with E-state index in [0.717, 1.165) is 43.1 Å². The van der Waals surface area contributed by atoms with Gasteiger partial charge in [0.2, 0.25) is 5.91 Å². The van der Waals surface area contributed by atoms with Crippen molar-refractivity contribution in [1.82, 2.24) is 10.2 Å². The maximum atomic E-state index is 13.7. The topological polar surface area (TPSA) is 69.6 Å². The number of thiophene rings is 1. The molecule has 5 aliphatic rings. The van der Waals surface area contributed by atoms with Gasteiger partial charge in [-0.2, -0.15) is 0 Å². The molecule has 0 radical (unpaired) electrons. The average molecular weight is 581 g/mol. The number of carboxylic acids is 1. The van der Waals surface area contributed by atoms with Crippen LogP contribution >= 0.6 is 11.3 Å². The summed E-state index contributed by atoms with van der Waals surface area (Å²) in [5.74, 6) is 2.80. The minimum absolute atomic E-state index is 0.0175. The van der Waals surface area contributed by atoms with Gasteiger partial charge in [0, 0.05) is 18.0 Å². The molecule has 0 aliphatic heterocycles. The zero-order valence-electron chi connectivity index (χ0n) is 26.2. The Bertz CT molecular complexity index is 1230. The third kappa shape index (κ3) is 4.39. The van der Waals surface area contributed by atoms with Gasteiger partial charge in [-0.3, -0.25) is 4.79 Å². The monoisotopic (exact) mass is 580 g/mol. The van der Waals surface area contributed by atoms with E-state index in [4.69, 9.17) is 0 Å². The molecular formula is C35H52N2O3S. The van der Waals surface area contributed by atoms with Crippen LogP contribution in [0.15, 0.2) is 18.2 Å². The first kappa shape index (κ1) is 29.4. The van der Waals surface area contributed by atoms with Crippen LogP contribution in [0.3, 0.4) is 0 Å². The Morgan fingerprint density at radius 1 is 0.951 bits per heavy atom. The normalized spacial score (nSPS) is 41.0. The Labute approximate surface area is 251 Å². The fourth-order valence-electron chi connectivity index (χ4n) is 11.8. The van der Waals surface area contributed by atoms with Crippen molar-refractivity contribution >= 4 is 28.8 Å². The van der Waals surface area contributed by atoms with E-state index >= 15 is 0 Å². The van der Waals surface area contributed by atoms with E-state index in [-0.39, 0.29) is 16.2 Å². The maximum Gasteiger partial charge on any atom is 0.345 e. The first-order chi connectivity index (χ1) is 19.3. The number of amides is 1. The number of likely N-dealkylation sites (N-methyl/N-ethyl adjacent to an activating group) is 1. The van der Waals surface area contributed by atoms with Gasteiger partial charge in [-0.05, 0) is 135 Å². The summed E-state index contributed by atoms with van der Waals surface area (Å²) in [6.07, 6.45) is 14.5. The summed E-state index contributed by atoms with van der Waals surface area (Å²) in [7, 11) is 4.15. The third-order valence-corrected chi connectivity index (χ3v) is 14.6. The van der Waals surface area contributed by atoms with Gasteiger partial charge in [0.25, 0.3) is 0 Å². The number of fused-ring (bicyclic) bond motifs is 7. The van der Waals surface area contributed by atoms with Crippen molar-refractivity contribution in [2.45, 2.75) is 91.9 Å². The van der Waals surface area contributed by atoms with Crippen LogP contribution in [0.2, 0.25) is 0 Å². The second-order valence-corrected chi connectivity index (χ2v) is 16.9. The van der Waals surface area contributed by atoms with Crippen LogP contribution in [0.5, 0.6) is 0 Å². The Hall–Kier alpha value is -1.66. The lowest BCUT2D eigenvalue weighted by Crippen LogP contribution is -2.62. The summed E-state index contributed by atoms with van der Waals surface area (Å²) < 4.78 is 0. The summed E-state index contributed by atoms with van der Waals surface area (Å²) >= 11 is 1.44. The first-order valence-electron chi connectivity index (χ1n) is 16.3. The van der Waals surface area contributed by atoms with Gasteiger partial charge in [0.15, 0.2) is 0 Å². The number of aromatic carboxylic acids is 1. The van der Waals surface area contributed by atoms with E-state index in [0.29, 0.717) is 39.9 Å². The van der Waals surface area contributed by atoms with Crippen molar-refractivity contribution in [2.75, 3.05) is 27.2 Å². The number of hydrogen-bond donors (Lipinski definition) is 2. The number of allylic oxidation sites excluding steroid dienone is 2. The highest BCUT2D eigenvalue weighted by molar-refractivity contribution is 7.15. The number of nitrogens with zero attached hydrogens (tertiary/aromatic N) is 1. The lowest BCUT2D eigenvalue weighted by atomic mass is 9.36. The van der Waals surface area contributed by atoms with Crippen molar-refractivity contribution in [3.05, 3.63) is 28.0 Å². The van der Waals surface area contributed by atoms with Crippen LogP contribution < -0.4 is 5.32 Å². The summed E-state index contributed by atoms with van der Waals surface area (Å²) in [6.45, 7) is 11.8. The summed E-state index contributed by atoms with van der Waals surface area (Å²) in [4.78, 5) is 29.1. The fourth-order valence-corrected chi connectivity index (χ4v) is 12.9. The van der Waals surface area contributed by atoms with Crippen LogP contribution in [-0.4, -0.2) is 49.1 Å². The molecule has 6 rings (SSSR count). The predicted octanol–water partition coefficient (Wildman–Crippen LogP) is 7.58. The number of carbonyl (C=O) groups excluding carboxylic acids is 1. The second kappa shape index (κ2) is 10.2. The van der Waals surface area contributed by atoms with Gasteiger partial charge in [-0.15, -0.1) is 11.3 Å². The van der Waals surface area contributed by atoms with Crippen LogP contribution in [0, 0.1) is 51.2 Å². The molecule has 1 aromatic heterocycles. The Morgan fingerprint density at radius 3 is 2.44 bits per heavy atom. The molecule has 1 amide bonds. The van der Waals surface area contributed by atoms with Gasteiger partial charge in [0.05, 0.1) is 5.41 Å². The van der Waals surface area contributed by atoms with Crippen molar-refractivity contribution in [2.24, 2.45) is 51.2 Å². The number of carboxylic acid groups (broad SMARTS) is 1. The standard InChI is InChI=1S/C35H52N2O3S/c1-32(2)25(26-10-11-27(41-26)30(38)39)13-17-34(4)28(32)15-18-33(3)23-14-19-35(31(40)36-20-21-37(5)6)16-7-8-24(35)22(23)9-12-29(33)34/h10-11,13,22-24,28-29H,7-9,12,14-21H2,1-6H3,(H,36,40)(H,38,39). The van der Waals surface area contributed by atoms with Crippen molar-refractivity contribution in [1.29, 1.82) is 0 Å². The molecule has 41 heavy (non-hydrogen) atoms. The molecule has 1 aromatic rings. The maximum absolute atomic E-state index is 13.7. The zero-order chi connectivity index (χ0) is 29.4. The number of rotatable bonds is 6. The number of nitrogens with one attached hydrogen (secondary N) is 1. The summed E-state index contributed by atoms with van der Waals surface area (Å²) in [5.41, 5.74) is 1.85. The third-order valence-electron chi connectivity index (χ3n) is 13.5. The van der Waals surface area contributed by atoms with Gasteiger partial charge in [-0.25, -0.2) is 4.79 Å². The van der Waals surface area contributed by atoms with E-state index in [2.05, 4.69) is 58.1 Å². The molecule has 226 valence electrons. The Kier molecular flexibility index (Phi) is 7.33. The minimum atomic E-state index is -0.824. The van der Waals surface area contributed by atoms with Crippen molar-refractivity contribution < 1.29 is 14.7 Å². The van der Waals surface area contributed by atoms with Crippen molar-refractivity contribution in [3.63, 3.8) is 0 Å². The van der Waals surface area contributed by atoms with Gasteiger partial charge < -0.3 is 15.3 Å². The molecule has 8 unspecified atom stereocenters.